The van der Waals surface area contributed by atoms with Crippen molar-refractivity contribution < 1.29 is 9.53 Å². The average Bonchev–Trinajstić information content (AvgIpc) is 2.83. The maximum atomic E-state index is 12.5. The van der Waals surface area contributed by atoms with Gasteiger partial charge in [0.05, 0.1) is 12.0 Å². The van der Waals surface area contributed by atoms with Crippen molar-refractivity contribution in [2.75, 3.05) is 26.8 Å². The van der Waals surface area contributed by atoms with Gasteiger partial charge in [0, 0.05) is 33.1 Å². The van der Waals surface area contributed by atoms with Crippen LogP contribution in [0.3, 0.4) is 0 Å². The molecule has 106 valence electrons. The number of hydrogen-bond acceptors (Lipinski definition) is 3. The van der Waals surface area contributed by atoms with Crippen LogP contribution in [-0.2, 0) is 23.1 Å². The largest absolute Gasteiger partial charge is 0.384 e. The van der Waals surface area contributed by atoms with Gasteiger partial charge in [0.1, 0.15) is 0 Å². The van der Waals surface area contributed by atoms with Gasteiger partial charge in [0.2, 0.25) is 5.91 Å². The van der Waals surface area contributed by atoms with Crippen molar-refractivity contribution in [1.29, 1.82) is 0 Å². The first-order chi connectivity index (χ1) is 9.16. The molecule has 5 heteroatoms. The summed E-state index contributed by atoms with van der Waals surface area (Å²) >= 11 is 0. The fourth-order valence-corrected chi connectivity index (χ4v) is 2.65. The molecule has 1 fully saturated rings. The summed E-state index contributed by atoms with van der Waals surface area (Å²) in [4.78, 5) is 12.5. The van der Waals surface area contributed by atoms with E-state index in [1.54, 1.807) is 7.11 Å². The van der Waals surface area contributed by atoms with Crippen molar-refractivity contribution in [1.82, 2.24) is 15.2 Å². The highest BCUT2D eigenvalue weighted by Crippen LogP contribution is 2.29. The third-order valence-corrected chi connectivity index (χ3v) is 3.81. The van der Waals surface area contributed by atoms with Crippen molar-refractivity contribution >= 4 is 5.91 Å². The predicted molar refractivity (Wildman–Crippen MR) is 73.7 cm³/mol. The van der Waals surface area contributed by atoms with E-state index in [1.807, 2.05) is 30.1 Å². The van der Waals surface area contributed by atoms with Gasteiger partial charge in [0.15, 0.2) is 0 Å². The zero-order chi connectivity index (χ0) is 13.7. The molecule has 5 nitrogen and oxygen atoms in total. The van der Waals surface area contributed by atoms with Gasteiger partial charge in [-0.15, -0.1) is 0 Å². The van der Waals surface area contributed by atoms with E-state index in [1.165, 1.54) is 0 Å². The minimum Gasteiger partial charge on any atom is -0.384 e. The third-order valence-electron chi connectivity index (χ3n) is 3.81. The first-order valence-corrected chi connectivity index (χ1v) is 6.75. The Morgan fingerprint density at radius 2 is 2.26 bits per heavy atom. The zero-order valence-electron chi connectivity index (χ0n) is 11.7. The molecule has 0 aliphatic carbocycles. The van der Waals surface area contributed by atoms with Gasteiger partial charge < -0.3 is 19.9 Å². The van der Waals surface area contributed by atoms with Crippen LogP contribution in [0.25, 0.3) is 0 Å². The van der Waals surface area contributed by atoms with Crippen molar-refractivity contribution in [3.8, 4) is 0 Å². The molecule has 0 radical (unpaired) electrons. The van der Waals surface area contributed by atoms with Crippen LogP contribution in [0.1, 0.15) is 18.4 Å². The minimum atomic E-state index is -0.366. The number of ether oxygens (including phenoxy) is 1. The summed E-state index contributed by atoms with van der Waals surface area (Å²) in [6.07, 6.45) is 5.67. The highest BCUT2D eigenvalue weighted by Gasteiger charge is 2.39. The number of methoxy groups -OCH3 is 1. The molecular formula is C14H23N3O2. The molecule has 1 aliphatic heterocycles. The van der Waals surface area contributed by atoms with Crippen molar-refractivity contribution in [3.05, 3.63) is 24.0 Å². The Bertz CT molecular complexity index is 417. The smallest absolute Gasteiger partial charge is 0.228 e. The molecule has 2 rings (SSSR count). The Kier molecular flexibility index (Phi) is 4.61. The number of aromatic nitrogens is 1. The second kappa shape index (κ2) is 6.21. The van der Waals surface area contributed by atoms with E-state index in [0.29, 0.717) is 13.2 Å². The number of amides is 1. The van der Waals surface area contributed by atoms with E-state index in [2.05, 4.69) is 10.6 Å². The number of piperidine rings is 1. The van der Waals surface area contributed by atoms with Crippen LogP contribution in [-0.4, -0.2) is 37.3 Å². The van der Waals surface area contributed by atoms with Gasteiger partial charge in [-0.2, -0.15) is 0 Å². The van der Waals surface area contributed by atoms with Crippen molar-refractivity contribution in [3.63, 3.8) is 0 Å². The lowest BCUT2D eigenvalue weighted by atomic mass is 9.78. The van der Waals surface area contributed by atoms with E-state index < -0.39 is 0 Å². The maximum Gasteiger partial charge on any atom is 0.228 e. The molecule has 1 amide bonds. The van der Waals surface area contributed by atoms with Crippen LogP contribution in [0, 0.1) is 5.41 Å². The molecule has 1 aromatic heterocycles. The van der Waals surface area contributed by atoms with E-state index >= 15 is 0 Å². The molecule has 0 saturated carbocycles. The summed E-state index contributed by atoms with van der Waals surface area (Å²) < 4.78 is 7.25. The number of hydrogen-bond donors (Lipinski definition) is 2. The first-order valence-electron chi connectivity index (χ1n) is 6.75. The van der Waals surface area contributed by atoms with Crippen LogP contribution in [0.5, 0.6) is 0 Å². The SMILES string of the molecule is COCC1(C(=O)NCc2ccn(C)c2)CCNCC1. The highest BCUT2D eigenvalue weighted by molar-refractivity contribution is 5.83. The summed E-state index contributed by atoms with van der Waals surface area (Å²) in [5.74, 6) is 0.111. The number of nitrogens with zero attached hydrogens (tertiary/aromatic N) is 1. The Hall–Kier alpha value is -1.33. The monoisotopic (exact) mass is 265 g/mol. The number of nitrogens with one attached hydrogen (secondary N) is 2. The van der Waals surface area contributed by atoms with Gasteiger partial charge >= 0.3 is 0 Å². The van der Waals surface area contributed by atoms with Crippen molar-refractivity contribution in [2.24, 2.45) is 12.5 Å². The minimum absolute atomic E-state index is 0.111. The van der Waals surface area contributed by atoms with Crippen LogP contribution in [0.4, 0.5) is 0 Å². The molecule has 2 heterocycles. The topological polar surface area (TPSA) is 55.3 Å². The summed E-state index contributed by atoms with van der Waals surface area (Å²) in [5, 5.41) is 6.34. The summed E-state index contributed by atoms with van der Waals surface area (Å²) in [6.45, 7) is 2.83. The van der Waals surface area contributed by atoms with E-state index in [4.69, 9.17) is 4.74 Å². The number of carbonyl (C=O) groups is 1. The van der Waals surface area contributed by atoms with Crippen LogP contribution in [0.15, 0.2) is 18.5 Å². The molecule has 0 unspecified atom stereocenters. The van der Waals surface area contributed by atoms with E-state index in [0.717, 1.165) is 31.5 Å². The molecule has 0 atom stereocenters. The van der Waals surface area contributed by atoms with Gasteiger partial charge in [-0.1, -0.05) is 0 Å². The van der Waals surface area contributed by atoms with Gasteiger partial charge in [0.25, 0.3) is 0 Å². The lowest BCUT2D eigenvalue weighted by Gasteiger charge is -2.35. The Labute approximate surface area is 114 Å². The second-order valence-corrected chi connectivity index (χ2v) is 5.33. The zero-order valence-corrected chi connectivity index (χ0v) is 11.7. The highest BCUT2D eigenvalue weighted by atomic mass is 16.5. The summed E-state index contributed by atoms with van der Waals surface area (Å²) in [5.41, 5.74) is 0.756. The van der Waals surface area contributed by atoms with Crippen LogP contribution in [0.2, 0.25) is 0 Å². The van der Waals surface area contributed by atoms with Crippen LogP contribution < -0.4 is 10.6 Å². The van der Waals surface area contributed by atoms with Crippen LogP contribution >= 0.6 is 0 Å². The van der Waals surface area contributed by atoms with E-state index in [-0.39, 0.29) is 11.3 Å². The molecule has 0 spiro atoms. The quantitative estimate of drug-likeness (QED) is 0.822. The second-order valence-electron chi connectivity index (χ2n) is 5.33. The number of aryl methyl sites for hydroxylation is 1. The standard InChI is InChI=1S/C14H23N3O2/c1-17-8-3-12(10-17)9-16-13(18)14(11-19-2)4-6-15-7-5-14/h3,8,10,15H,4-7,9,11H2,1-2H3,(H,16,18). The summed E-state index contributed by atoms with van der Waals surface area (Å²) in [6, 6.07) is 2.02. The Balaban J connectivity index is 1.95. The maximum absolute atomic E-state index is 12.5. The number of rotatable bonds is 5. The normalized spacial score (nSPS) is 18.2. The predicted octanol–water partition coefficient (Wildman–Crippen LogP) is 0.657. The molecular weight excluding hydrogens is 242 g/mol. The first kappa shape index (κ1) is 14.1. The fraction of sp³-hybridized carbons (Fsp3) is 0.643. The van der Waals surface area contributed by atoms with Gasteiger partial charge in [-0.05, 0) is 37.6 Å². The lowest BCUT2D eigenvalue weighted by molar-refractivity contribution is -0.136. The molecule has 1 aliphatic rings. The molecule has 1 aromatic rings. The summed E-state index contributed by atoms with van der Waals surface area (Å²) in [7, 11) is 3.64. The molecule has 19 heavy (non-hydrogen) atoms. The molecule has 1 saturated heterocycles. The average molecular weight is 265 g/mol. The Morgan fingerprint density at radius 1 is 1.53 bits per heavy atom. The van der Waals surface area contributed by atoms with Gasteiger partial charge in [-0.3, -0.25) is 4.79 Å². The van der Waals surface area contributed by atoms with E-state index in [9.17, 15) is 4.79 Å². The molecule has 2 N–H and O–H groups in total. The lowest BCUT2D eigenvalue weighted by Crippen LogP contribution is -2.49. The molecule has 0 bridgehead atoms. The van der Waals surface area contributed by atoms with Gasteiger partial charge in [-0.25, -0.2) is 0 Å². The van der Waals surface area contributed by atoms with Crippen molar-refractivity contribution in [2.45, 2.75) is 19.4 Å². The molecule has 0 aromatic carbocycles. The third kappa shape index (κ3) is 3.36. The fourth-order valence-electron chi connectivity index (χ4n) is 2.65. The Morgan fingerprint density at radius 3 is 2.84 bits per heavy atom. The number of carbonyl (C=O) groups excluding carboxylic acids is 1.